The molecule has 0 aliphatic heterocycles. The summed E-state index contributed by atoms with van der Waals surface area (Å²) >= 11 is 0. The van der Waals surface area contributed by atoms with E-state index >= 15 is 0 Å². The van der Waals surface area contributed by atoms with Crippen molar-refractivity contribution in [3.8, 4) is 89.0 Å². The Balaban J connectivity index is 0.0000000978. The second-order valence-corrected chi connectivity index (χ2v) is 41.7. The minimum absolute atomic E-state index is 0.0709. The van der Waals surface area contributed by atoms with Crippen molar-refractivity contribution in [1.82, 2.24) is 0 Å². The van der Waals surface area contributed by atoms with Crippen LogP contribution in [0.2, 0.25) is 0 Å². The summed E-state index contributed by atoms with van der Waals surface area (Å²) in [6, 6.07) is 199. The molecule has 0 radical (unpaired) electrons. The molecular formula is C148H120. The summed E-state index contributed by atoms with van der Waals surface area (Å²) < 4.78 is 0. The number of aryl methyl sites for hydroxylation is 6. The molecule has 22 aromatic rings. The van der Waals surface area contributed by atoms with Gasteiger partial charge in [0.1, 0.15) is 0 Å². The topological polar surface area (TPSA) is 0 Å². The van der Waals surface area contributed by atoms with Crippen LogP contribution in [0.15, 0.2) is 546 Å². The molecule has 0 saturated heterocycles. The number of hydrogen-bond acceptors (Lipinski definition) is 0. The third kappa shape index (κ3) is 15.6. The zero-order valence-corrected chi connectivity index (χ0v) is 86.0. The molecule has 0 amide bonds. The van der Waals surface area contributed by atoms with E-state index in [-0.39, 0.29) is 32.5 Å². The summed E-state index contributed by atoms with van der Waals surface area (Å²) in [7, 11) is 0. The molecule has 0 N–H and O–H groups in total. The highest BCUT2D eigenvalue weighted by Crippen LogP contribution is 2.63. The van der Waals surface area contributed by atoms with Crippen LogP contribution in [-0.4, -0.2) is 0 Å². The van der Waals surface area contributed by atoms with Crippen molar-refractivity contribution in [1.29, 1.82) is 0 Å². The maximum absolute atomic E-state index is 2.37. The predicted octanol–water partition coefficient (Wildman–Crippen LogP) is 37.4. The normalized spacial score (nSPS) is 14.1. The molecule has 22 aromatic carbocycles. The zero-order valence-electron chi connectivity index (χ0n) is 86.0. The second kappa shape index (κ2) is 39.1. The smallest absolute Gasteiger partial charge is 0.0622 e. The van der Waals surface area contributed by atoms with E-state index in [1.807, 2.05) is 0 Å². The van der Waals surface area contributed by atoms with E-state index < -0.39 is 0 Å². The predicted molar refractivity (Wildman–Crippen MR) is 622 cm³/mol. The zero-order chi connectivity index (χ0) is 101. The van der Waals surface area contributed by atoms with Crippen molar-refractivity contribution in [3.05, 3.63) is 691 Å². The molecule has 0 unspecified atom stereocenters. The van der Waals surface area contributed by atoms with Gasteiger partial charge in [0.15, 0.2) is 0 Å². The number of rotatable bonds is 10. The van der Waals surface area contributed by atoms with Gasteiger partial charge in [0.2, 0.25) is 0 Å². The van der Waals surface area contributed by atoms with E-state index in [1.54, 1.807) is 0 Å². The first-order valence-corrected chi connectivity index (χ1v) is 52.3. The van der Waals surface area contributed by atoms with Crippen LogP contribution in [-0.2, 0) is 32.5 Å². The molecule has 0 heterocycles. The Morgan fingerprint density at radius 2 is 0.419 bits per heavy atom. The van der Waals surface area contributed by atoms with Crippen LogP contribution in [0.1, 0.15) is 172 Å². The average molecular weight is 1900 g/mol. The highest BCUT2D eigenvalue weighted by molar-refractivity contribution is 5.95. The van der Waals surface area contributed by atoms with Crippen LogP contribution >= 0.6 is 0 Å². The first kappa shape index (κ1) is 94.4. The third-order valence-corrected chi connectivity index (χ3v) is 32.5. The van der Waals surface area contributed by atoms with Gasteiger partial charge < -0.3 is 0 Å². The van der Waals surface area contributed by atoms with Crippen LogP contribution < -0.4 is 0 Å². The number of benzene rings is 22. The Labute approximate surface area is 874 Å². The molecule has 0 bridgehead atoms. The third-order valence-electron chi connectivity index (χ3n) is 32.5. The molecular weight excluding hydrogens is 1780 g/mol. The average Bonchev–Trinajstić information content (AvgIpc) is 1.61. The Bertz CT molecular complexity index is 8390. The van der Waals surface area contributed by atoms with Crippen molar-refractivity contribution in [3.63, 3.8) is 0 Å². The van der Waals surface area contributed by atoms with E-state index in [4.69, 9.17) is 0 Å². The van der Waals surface area contributed by atoms with Crippen molar-refractivity contribution < 1.29 is 0 Å². The summed E-state index contributed by atoms with van der Waals surface area (Å²) in [6.07, 6.45) is 0. The highest BCUT2D eigenvalue weighted by atomic mass is 14.5. The molecule has 148 heavy (non-hydrogen) atoms. The molecule has 0 spiro atoms. The van der Waals surface area contributed by atoms with Gasteiger partial charge in [-0.05, 0) is 265 Å². The van der Waals surface area contributed by atoms with Gasteiger partial charge >= 0.3 is 0 Å². The Morgan fingerprint density at radius 3 is 0.899 bits per heavy atom. The second-order valence-electron chi connectivity index (χ2n) is 41.7. The van der Waals surface area contributed by atoms with Gasteiger partial charge in [-0.1, -0.05) is 584 Å². The highest BCUT2D eigenvalue weighted by Gasteiger charge is 2.52. The molecule has 0 fully saturated rings. The van der Waals surface area contributed by atoms with E-state index in [9.17, 15) is 0 Å². The van der Waals surface area contributed by atoms with Crippen LogP contribution in [0.5, 0.6) is 0 Å². The van der Waals surface area contributed by atoms with Gasteiger partial charge in [-0.3, -0.25) is 0 Å². The van der Waals surface area contributed by atoms with Crippen LogP contribution in [0.4, 0.5) is 0 Å². The number of fused-ring (bicyclic) bond motifs is 18. The van der Waals surface area contributed by atoms with Crippen molar-refractivity contribution in [2.45, 2.75) is 102 Å². The lowest BCUT2D eigenvalue weighted by Crippen LogP contribution is -2.29. The first-order chi connectivity index (χ1) is 72.5. The molecule has 6 aliphatic carbocycles. The van der Waals surface area contributed by atoms with Gasteiger partial charge in [-0.15, -0.1) is 0 Å². The SMILES string of the molecule is Cc1cc(-c2ccccc2)cc2c1C(C)(C)c1ccccc1-2.Cc1ccc2c(c1)-c1ccccc1C2(c1ccccc1)c1ccccc1.Cc1ccc2c(c1)C(C)(C)c1cccc(-c3ccccc3)c1-2.Cc1ccc2c(c1)C(c1ccccc1)(c1ccccc1)c1ccccc1-2.Cc1cccc2c1-c1ccccc1C2(c1ccccc1)c1ccccc1.Cc1cccc2c1C(c1ccccc1)(c1ccccc1)c1ccccc1-2. The van der Waals surface area contributed by atoms with Gasteiger partial charge in [0.25, 0.3) is 0 Å². The van der Waals surface area contributed by atoms with Gasteiger partial charge in [-0.25, -0.2) is 0 Å². The fraction of sp³-hybridized carbons (Fsp3) is 0.108. The molecule has 6 aliphatic rings. The summed E-state index contributed by atoms with van der Waals surface area (Å²) in [4.78, 5) is 0. The molecule has 0 aromatic heterocycles. The fourth-order valence-electron chi connectivity index (χ4n) is 26.3. The molecule has 0 heteroatoms. The summed E-state index contributed by atoms with van der Waals surface area (Å²) in [5, 5.41) is 0. The minimum Gasteiger partial charge on any atom is -0.0622 e. The van der Waals surface area contributed by atoms with Crippen molar-refractivity contribution in [2.75, 3.05) is 0 Å². The Hall–Kier alpha value is -17.2. The van der Waals surface area contributed by atoms with Gasteiger partial charge in [0.05, 0.1) is 21.7 Å². The van der Waals surface area contributed by atoms with Gasteiger partial charge in [0, 0.05) is 10.8 Å². The van der Waals surface area contributed by atoms with E-state index in [0.29, 0.717) is 0 Å². The summed E-state index contributed by atoms with van der Waals surface area (Å²) in [5.74, 6) is 0. The van der Waals surface area contributed by atoms with Crippen molar-refractivity contribution >= 4 is 0 Å². The van der Waals surface area contributed by atoms with Crippen molar-refractivity contribution in [2.24, 2.45) is 0 Å². The molecule has 0 atom stereocenters. The minimum atomic E-state index is -0.264. The Kier molecular flexibility index (Phi) is 24.9. The standard InChI is InChI=1S/4C26H20.2C22H20/c1-19-11-10-17-23-22-16-8-9-18-24(22)26(25(19)23,20-12-4-2-5-13-20)21-14-6-3-7-15-21;1-19-11-10-18-24-25(19)22-16-8-9-17-23(22)26(24,20-12-4-2-5-13-20)21-14-6-3-7-15-21;1-19-16-17-25-23(18-19)22-14-8-9-15-24(22)26(25,20-10-4-2-5-11-20)21-12-6-3-7-13-21;1-19-16-17-23-22-14-8-9-15-24(22)26(25(23)18-19,20-10-4-2-5-11-20)21-12-6-3-7-13-21;1-15-13-17(16-9-5-4-6-10-16)14-19-18-11-7-8-12-20(18)22(2,3)21(15)19;1-15-12-13-18-20(14-15)22(2,3)19-11-7-10-17(21(18)19)16-8-5-4-6-9-16/h4*2-18H,1H3;2*4-14H,1-3H3. The molecule has 0 saturated carbocycles. The van der Waals surface area contributed by atoms with Crippen LogP contribution in [0.25, 0.3) is 89.0 Å². The lowest BCUT2D eigenvalue weighted by Gasteiger charge is -2.34. The molecule has 28 rings (SSSR count). The van der Waals surface area contributed by atoms with Gasteiger partial charge in [-0.2, -0.15) is 0 Å². The Morgan fingerprint density at radius 1 is 0.128 bits per heavy atom. The summed E-state index contributed by atoms with van der Waals surface area (Å²) in [5.41, 5.74) is 56.2. The number of hydrogen-bond donors (Lipinski definition) is 0. The van der Waals surface area contributed by atoms with E-state index in [0.717, 1.165) is 0 Å². The van der Waals surface area contributed by atoms with Crippen LogP contribution in [0.3, 0.4) is 0 Å². The quantitative estimate of drug-likeness (QED) is 0.128. The fourth-order valence-corrected chi connectivity index (χ4v) is 26.3. The summed E-state index contributed by atoms with van der Waals surface area (Å²) in [6.45, 7) is 22.6. The lowest BCUT2D eigenvalue weighted by atomic mass is 9.67. The maximum atomic E-state index is 2.37. The van der Waals surface area contributed by atoms with E-state index in [1.165, 1.54) is 234 Å². The molecule has 712 valence electrons. The maximum Gasteiger partial charge on any atom is 0.0716 e. The van der Waals surface area contributed by atoms with E-state index in [2.05, 4.69) is 615 Å². The lowest BCUT2D eigenvalue weighted by molar-refractivity contribution is 0.656. The monoisotopic (exact) mass is 1900 g/mol. The first-order valence-electron chi connectivity index (χ1n) is 52.3. The van der Waals surface area contributed by atoms with Crippen LogP contribution in [0, 0.1) is 41.5 Å². The molecule has 0 nitrogen and oxygen atoms in total. The largest absolute Gasteiger partial charge is 0.0716 e.